The maximum Gasteiger partial charge on any atom is 0.278 e. The molecule has 0 aliphatic rings. The number of anilines is 1. The van der Waals surface area contributed by atoms with Crippen LogP contribution in [-0.4, -0.2) is 9.91 Å². The number of ether oxygens (including phenoxy) is 1. The largest absolute Gasteiger partial charge is 0.438 e. The molecule has 1 aromatic heterocycles. The highest BCUT2D eigenvalue weighted by Gasteiger charge is 2.13. The van der Waals surface area contributed by atoms with Gasteiger partial charge in [0.15, 0.2) is 0 Å². The van der Waals surface area contributed by atoms with E-state index < -0.39 is 4.92 Å². The van der Waals surface area contributed by atoms with E-state index in [9.17, 15) is 10.1 Å². The Bertz CT molecular complexity index is 684. The van der Waals surface area contributed by atoms with Crippen molar-refractivity contribution >= 4 is 11.5 Å². The van der Waals surface area contributed by atoms with Crippen molar-refractivity contribution in [1.29, 1.82) is 0 Å². The number of hydrogen-bond donors (Lipinski definition) is 1. The zero-order valence-corrected chi connectivity index (χ0v) is 11.5. The summed E-state index contributed by atoms with van der Waals surface area (Å²) < 4.78 is 5.65. The lowest BCUT2D eigenvalue weighted by Gasteiger charge is -2.11. The molecule has 0 saturated heterocycles. The van der Waals surface area contributed by atoms with Gasteiger partial charge in [-0.25, -0.2) is 0 Å². The van der Waals surface area contributed by atoms with Crippen LogP contribution in [0.25, 0.3) is 0 Å². The van der Waals surface area contributed by atoms with E-state index in [-0.39, 0.29) is 17.4 Å². The number of rotatable bonds is 3. The van der Waals surface area contributed by atoms with Crippen LogP contribution in [0.2, 0.25) is 0 Å². The molecule has 1 heterocycles. The Kier molecular flexibility index (Phi) is 3.56. The lowest BCUT2D eigenvalue weighted by Crippen LogP contribution is -1.98. The fourth-order valence-electron chi connectivity index (χ4n) is 1.89. The highest BCUT2D eigenvalue weighted by Crippen LogP contribution is 2.29. The molecule has 6 heteroatoms. The predicted molar refractivity (Wildman–Crippen MR) is 76.0 cm³/mol. The van der Waals surface area contributed by atoms with Gasteiger partial charge in [0.2, 0.25) is 5.88 Å². The molecule has 0 spiro atoms. The molecular weight excluding hydrogens is 258 g/mol. The molecule has 0 amide bonds. The number of hydrogen-bond acceptors (Lipinski definition) is 5. The topological polar surface area (TPSA) is 91.3 Å². The van der Waals surface area contributed by atoms with Crippen LogP contribution in [0.3, 0.4) is 0 Å². The van der Waals surface area contributed by atoms with E-state index in [1.54, 1.807) is 0 Å². The number of benzene rings is 1. The van der Waals surface area contributed by atoms with Crippen molar-refractivity contribution < 1.29 is 9.66 Å². The Balaban J connectivity index is 2.42. The van der Waals surface area contributed by atoms with Gasteiger partial charge in [-0.3, -0.25) is 10.1 Å². The van der Waals surface area contributed by atoms with Crippen LogP contribution in [-0.2, 0) is 0 Å². The molecule has 0 aliphatic heterocycles. The van der Waals surface area contributed by atoms with E-state index in [0.29, 0.717) is 5.75 Å². The van der Waals surface area contributed by atoms with Gasteiger partial charge in [-0.05, 0) is 43.5 Å². The Morgan fingerprint density at radius 3 is 2.55 bits per heavy atom. The molecular formula is C14H15N3O3. The van der Waals surface area contributed by atoms with Gasteiger partial charge in [-0.1, -0.05) is 6.07 Å². The summed E-state index contributed by atoms with van der Waals surface area (Å²) in [5.74, 6) is 0.788. The molecule has 0 fully saturated rings. The molecule has 0 radical (unpaired) electrons. The van der Waals surface area contributed by atoms with Crippen LogP contribution in [0, 0.1) is 30.9 Å². The lowest BCUT2D eigenvalue weighted by atomic mass is 10.1. The molecule has 1 aromatic carbocycles. The number of nitrogens with two attached hydrogens (primary N) is 1. The third-order valence-electron chi connectivity index (χ3n) is 3.00. The number of pyridine rings is 1. The fourth-order valence-corrected chi connectivity index (χ4v) is 1.89. The van der Waals surface area contributed by atoms with Gasteiger partial charge in [0.25, 0.3) is 5.69 Å². The Hall–Kier alpha value is -2.63. The van der Waals surface area contributed by atoms with Gasteiger partial charge in [0.05, 0.1) is 17.1 Å². The van der Waals surface area contributed by atoms with E-state index in [2.05, 4.69) is 4.98 Å². The summed E-state index contributed by atoms with van der Waals surface area (Å²) in [6.45, 7) is 5.85. The van der Waals surface area contributed by atoms with E-state index in [4.69, 9.17) is 10.5 Å². The second-order valence-electron chi connectivity index (χ2n) is 4.65. The highest BCUT2D eigenvalue weighted by atomic mass is 16.6. The van der Waals surface area contributed by atoms with E-state index in [0.717, 1.165) is 16.7 Å². The fraction of sp³-hybridized carbons (Fsp3) is 0.214. The summed E-state index contributed by atoms with van der Waals surface area (Å²) in [5.41, 5.74) is 8.49. The van der Waals surface area contributed by atoms with Gasteiger partial charge < -0.3 is 10.5 Å². The first-order valence-electron chi connectivity index (χ1n) is 6.04. The zero-order valence-electron chi connectivity index (χ0n) is 11.5. The summed E-state index contributed by atoms with van der Waals surface area (Å²) >= 11 is 0. The van der Waals surface area contributed by atoms with Crippen molar-refractivity contribution in [2.75, 3.05) is 5.73 Å². The molecule has 0 saturated carbocycles. The van der Waals surface area contributed by atoms with Crippen LogP contribution in [0.1, 0.15) is 16.7 Å². The maximum atomic E-state index is 10.8. The highest BCUT2D eigenvalue weighted by molar-refractivity contribution is 5.48. The van der Waals surface area contributed by atoms with E-state index in [1.807, 2.05) is 32.9 Å². The monoisotopic (exact) mass is 273 g/mol. The number of nitrogens with zero attached hydrogens (tertiary/aromatic N) is 2. The molecule has 6 nitrogen and oxygen atoms in total. The third kappa shape index (κ3) is 2.85. The minimum absolute atomic E-state index is 0.0521. The summed E-state index contributed by atoms with van der Waals surface area (Å²) in [7, 11) is 0. The number of aryl methyl sites for hydroxylation is 2. The second-order valence-corrected chi connectivity index (χ2v) is 4.65. The Labute approximate surface area is 116 Å². The van der Waals surface area contributed by atoms with Crippen molar-refractivity contribution in [3.05, 3.63) is 51.1 Å². The molecule has 0 atom stereocenters. The van der Waals surface area contributed by atoms with Crippen LogP contribution >= 0.6 is 0 Å². The van der Waals surface area contributed by atoms with Gasteiger partial charge in [-0.2, -0.15) is 4.98 Å². The van der Waals surface area contributed by atoms with Crippen LogP contribution < -0.4 is 10.5 Å². The van der Waals surface area contributed by atoms with Gasteiger partial charge in [0.1, 0.15) is 11.6 Å². The van der Waals surface area contributed by atoms with Gasteiger partial charge >= 0.3 is 0 Å². The molecule has 0 bridgehead atoms. The van der Waals surface area contributed by atoms with E-state index >= 15 is 0 Å². The van der Waals surface area contributed by atoms with Crippen molar-refractivity contribution in [3.63, 3.8) is 0 Å². The average molecular weight is 273 g/mol. The normalized spacial score (nSPS) is 10.3. The Morgan fingerprint density at radius 2 is 1.90 bits per heavy atom. The van der Waals surface area contributed by atoms with Gasteiger partial charge in [-0.15, -0.1) is 0 Å². The summed E-state index contributed by atoms with van der Waals surface area (Å²) in [4.78, 5) is 14.2. The molecule has 0 aliphatic carbocycles. The minimum Gasteiger partial charge on any atom is -0.438 e. The smallest absolute Gasteiger partial charge is 0.278 e. The summed E-state index contributed by atoms with van der Waals surface area (Å²) in [6, 6.07) is 6.35. The van der Waals surface area contributed by atoms with Crippen molar-refractivity contribution in [2.45, 2.75) is 20.8 Å². The standard InChI is InChI=1S/C14H15N3O3/c1-8-4-9(2)10(3)12(5-8)20-14-7-11(17(18)19)6-13(15)16-14/h4-7H,1-3H3,(H2,15,16). The summed E-state index contributed by atoms with van der Waals surface area (Å²) in [5, 5.41) is 10.8. The number of nitro groups is 1. The summed E-state index contributed by atoms with van der Waals surface area (Å²) in [6.07, 6.45) is 0. The second kappa shape index (κ2) is 5.16. The molecule has 104 valence electrons. The first-order valence-corrected chi connectivity index (χ1v) is 6.04. The quantitative estimate of drug-likeness (QED) is 0.684. The number of aromatic nitrogens is 1. The molecule has 2 aromatic rings. The molecule has 20 heavy (non-hydrogen) atoms. The first kappa shape index (κ1) is 13.8. The van der Waals surface area contributed by atoms with Crippen LogP contribution in [0.15, 0.2) is 24.3 Å². The molecule has 2 rings (SSSR count). The zero-order chi connectivity index (χ0) is 14.9. The van der Waals surface area contributed by atoms with Crippen molar-refractivity contribution in [1.82, 2.24) is 4.98 Å². The van der Waals surface area contributed by atoms with Crippen molar-refractivity contribution in [3.8, 4) is 11.6 Å². The predicted octanol–water partition coefficient (Wildman–Crippen LogP) is 3.29. The van der Waals surface area contributed by atoms with Crippen molar-refractivity contribution in [2.24, 2.45) is 0 Å². The van der Waals surface area contributed by atoms with Crippen LogP contribution in [0.4, 0.5) is 11.5 Å². The SMILES string of the molecule is Cc1cc(C)c(C)c(Oc2cc([N+](=O)[O-])cc(N)n2)c1. The van der Waals surface area contributed by atoms with Gasteiger partial charge in [0, 0.05) is 0 Å². The van der Waals surface area contributed by atoms with E-state index in [1.165, 1.54) is 12.1 Å². The third-order valence-corrected chi connectivity index (χ3v) is 3.00. The lowest BCUT2D eigenvalue weighted by molar-refractivity contribution is -0.384. The first-order chi connectivity index (χ1) is 9.36. The molecule has 2 N–H and O–H groups in total. The minimum atomic E-state index is -0.529. The Morgan fingerprint density at radius 1 is 1.20 bits per heavy atom. The van der Waals surface area contributed by atoms with Crippen LogP contribution in [0.5, 0.6) is 11.6 Å². The number of nitrogen functional groups attached to an aromatic ring is 1. The average Bonchev–Trinajstić information content (AvgIpc) is 2.34. The maximum absolute atomic E-state index is 10.8. The molecule has 0 unspecified atom stereocenters.